The average molecular weight is 406 g/mol. The summed E-state index contributed by atoms with van der Waals surface area (Å²) in [4.78, 5) is 15.1. The lowest BCUT2D eigenvalue weighted by Gasteiger charge is -2.28. The van der Waals surface area contributed by atoms with Gasteiger partial charge in [-0.15, -0.1) is 10.2 Å². The molecule has 8 nitrogen and oxygen atoms in total. The van der Waals surface area contributed by atoms with Gasteiger partial charge in [0.1, 0.15) is 11.6 Å². The van der Waals surface area contributed by atoms with Gasteiger partial charge in [-0.1, -0.05) is 0 Å². The van der Waals surface area contributed by atoms with Gasteiger partial charge in [0, 0.05) is 35.8 Å². The van der Waals surface area contributed by atoms with Crippen molar-refractivity contribution in [3.63, 3.8) is 0 Å². The summed E-state index contributed by atoms with van der Waals surface area (Å²) in [5.41, 5.74) is 3.64. The van der Waals surface area contributed by atoms with E-state index in [-0.39, 0.29) is 5.91 Å². The first kappa shape index (κ1) is 18.8. The molecular weight excluding hydrogens is 380 g/mol. The third kappa shape index (κ3) is 3.36. The lowest BCUT2D eigenvalue weighted by atomic mass is 10.1. The van der Waals surface area contributed by atoms with E-state index < -0.39 is 0 Å². The Morgan fingerprint density at radius 3 is 2.70 bits per heavy atom. The zero-order valence-electron chi connectivity index (χ0n) is 17.6. The number of hydrogen-bond acceptors (Lipinski definition) is 5. The fraction of sp³-hybridized carbons (Fsp3) is 0.455. The number of aromatic nitrogens is 5. The van der Waals surface area contributed by atoms with Gasteiger partial charge < -0.3 is 14.2 Å². The summed E-state index contributed by atoms with van der Waals surface area (Å²) in [5.74, 6) is 3.30. The van der Waals surface area contributed by atoms with Gasteiger partial charge in [-0.2, -0.15) is 5.10 Å². The lowest BCUT2D eigenvalue weighted by Crippen LogP contribution is -2.38. The normalized spacial score (nSPS) is 15.9. The van der Waals surface area contributed by atoms with Gasteiger partial charge in [-0.05, 0) is 51.0 Å². The van der Waals surface area contributed by atoms with E-state index in [1.807, 2.05) is 47.7 Å². The maximum absolute atomic E-state index is 13.2. The molecule has 0 saturated heterocycles. The highest BCUT2D eigenvalue weighted by Gasteiger charge is 2.33. The Hall–Kier alpha value is -3.16. The number of nitrogens with zero attached hydrogens (tertiary/aromatic N) is 6. The highest BCUT2D eigenvalue weighted by molar-refractivity contribution is 5.94. The van der Waals surface area contributed by atoms with Crippen molar-refractivity contribution in [1.29, 1.82) is 0 Å². The van der Waals surface area contributed by atoms with Crippen LogP contribution in [0.5, 0.6) is 5.75 Å². The van der Waals surface area contributed by atoms with Gasteiger partial charge in [0.15, 0.2) is 5.82 Å². The summed E-state index contributed by atoms with van der Waals surface area (Å²) < 4.78 is 9.67. The summed E-state index contributed by atoms with van der Waals surface area (Å²) in [6, 6.07) is 7.67. The number of benzene rings is 1. The van der Waals surface area contributed by atoms with Crippen LogP contribution in [0, 0.1) is 13.8 Å². The number of aryl methyl sites for hydroxylation is 2. The topological polar surface area (TPSA) is 78.1 Å². The number of carbonyl (C=O) groups is 1. The summed E-state index contributed by atoms with van der Waals surface area (Å²) in [5, 5.41) is 13.3. The molecule has 1 saturated carbocycles. The Balaban J connectivity index is 1.38. The van der Waals surface area contributed by atoms with E-state index in [0.717, 1.165) is 40.9 Å². The zero-order valence-corrected chi connectivity index (χ0v) is 17.6. The molecule has 156 valence electrons. The largest absolute Gasteiger partial charge is 0.496 e. The van der Waals surface area contributed by atoms with Crippen LogP contribution in [0.3, 0.4) is 0 Å². The minimum atomic E-state index is 0.00879. The van der Waals surface area contributed by atoms with Crippen molar-refractivity contribution in [2.45, 2.75) is 52.2 Å². The molecule has 30 heavy (non-hydrogen) atoms. The predicted molar refractivity (Wildman–Crippen MR) is 111 cm³/mol. The van der Waals surface area contributed by atoms with E-state index in [2.05, 4.69) is 19.9 Å². The first-order valence-electron chi connectivity index (χ1n) is 10.4. The number of methoxy groups -OCH3 is 1. The van der Waals surface area contributed by atoms with E-state index in [1.165, 1.54) is 12.8 Å². The fourth-order valence-electron chi connectivity index (χ4n) is 4.21. The molecule has 0 unspecified atom stereocenters. The van der Waals surface area contributed by atoms with Crippen LogP contribution in [0.4, 0.5) is 0 Å². The third-order valence-electron chi connectivity index (χ3n) is 5.96. The molecule has 0 N–H and O–H groups in total. The van der Waals surface area contributed by atoms with Gasteiger partial charge in [0.05, 0.1) is 25.9 Å². The Bertz CT molecular complexity index is 1110. The molecule has 2 aromatic heterocycles. The molecule has 0 radical (unpaired) electrons. The summed E-state index contributed by atoms with van der Waals surface area (Å²) in [6.07, 6.45) is 2.40. The van der Waals surface area contributed by atoms with E-state index in [9.17, 15) is 4.79 Å². The molecule has 1 fully saturated rings. The number of rotatable bonds is 5. The van der Waals surface area contributed by atoms with Crippen LogP contribution in [0.15, 0.2) is 24.3 Å². The van der Waals surface area contributed by atoms with Crippen molar-refractivity contribution < 1.29 is 9.53 Å². The highest BCUT2D eigenvalue weighted by atomic mass is 16.5. The molecule has 3 heterocycles. The monoisotopic (exact) mass is 406 g/mol. The number of ether oxygens (including phenoxy) is 1. The van der Waals surface area contributed by atoms with Crippen LogP contribution >= 0.6 is 0 Å². The van der Waals surface area contributed by atoms with Crippen LogP contribution in [-0.4, -0.2) is 49.0 Å². The van der Waals surface area contributed by atoms with Crippen molar-refractivity contribution in [1.82, 2.24) is 29.4 Å². The number of amides is 1. The van der Waals surface area contributed by atoms with E-state index >= 15 is 0 Å². The van der Waals surface area contributed by atoms with Crippen LogP contribution in [0.25, 0.3) is 0 Å². The van der Waals surface area contributed by atoms with E-state index in [1.54, 1.807) is 7.11 Å². The minimum absolute atomic E-state index is 0.00879. The highest BCUT2D eigenvalue weighted by Crippen LogP contribution is 2.39. The van der Waals surface area contributed by atoms with Gasteiger partial charge in [0.2, 0.25) is 0 Å². The Kier molecular flexibility index (Phi) is 4.56. The first-order valence-corrected chi connectivity index (χ1v) is 10.4. The van der Waals surface area contributed by atoms with Crippen molar-refractivity contribution in [3.05, 3.63) is 58.4 Å². The molecule has 3 aromatic rings. The Morgan fingerprint density at radius 2 is 2.00 bits per heavy atom. The molecular formula is C22H26N6O2. The lowest BCUT2D eigenvalue weighted by molar-refractivity contribution is 0.0706. The smallest absolute Gasteiger partial charge is 0.254 e. The molecule has 0 atom stereocenters. The summed E-state index contributed by atoms with van der Waals surface area (Å²) >= 11 is 0. The summed E-state index contributed by atoms with van der Waals surface area (Å²) in [6.45, 7) is 6.49. The first-order chi connectivity index (χ1) is 14.5. The number of fused-ring (bicyclic) bond motifs is 1. The van der Waals surface area contributed by atoms with Crippen LogP contribution in [0.1, 0.15) is 57.7 Å². The van der Waals surface area contributed by atoms with Crippen molar-refractivity contribution in [2.24, 2.45) is 0 Å². The summed E-state index contributed by atoms with van der Waals surface area (Å²) in [7, 11) is 1.65. The van der Waals surface area contributed by atoms with Crippen molar-refractivity contribution in [3.8, 4) is 5.75 Å². The van der Waals surface area contributed by atoms with E-state index in [4.69, 9.17) is 4.74 Å². The quantitative estimate of drug-likeness (QED) is 0.651. The molecule has 5 rings (SSSR count). The van der Waals surface area contributed by atoms with Crippen LogP contribution in [0.2, 0.25) is 0 Å². The molecule has 1 aromatic carbocycles. The second-order valence-corrected chi connectivity index (χ2v) is 8.24. The van der Waals surface area contributed by atoms with Crippen molar-refractivity contribution in [2.75, 3.05) is 13.7 Å². The van der Waals surface area contributed by atoms with Gasteiger partial charge in [-0.3, -0.25) is 9.48 Å². The molecule has 1 aliphatic carbocycles. The van der Waals surface area contributed by atoms with E-state index in [0.29, 0.717) is 31.1 Å². The fourth-order valence-corrected chi connectivity index (χ4v) is 4.21. The zero-order chi connectivity index (χ0) is 20.8. The second kappa shape index (κ2) is 7.27. The molecule has 0 bridgehead atoms. The van der Waals surface area contributed by atoms with Crippen molar-refractivity contribution >= 4 is 5.91 Å². The Morgan fingerprint density at radius 1 is 1.17 bits per heavy atom. The van der Waals surface area contributed by atoms with Gasteiger partial charge >= 0.3 is 0 Å². The minimum Gasteiger partial charge on any atom is -0.496 e. The molecule has 2 aliphatic rings. The standard InChI is InChI=1S/C22H26N6O2/c1-14-10-15(2)28(25-14)12-18-11-17(6-7-19(18)30-3)22(29)26-8-9-27-20(13-26)23-24-21(27)16-4-5-16/h6-7,10-11,16H,4-5,8-9,12-13H2,1-3H3. The average Bonchev–Trinajstić information content (AvgIpc) is 3.42. The molecule has 8 heteroatoms. The number of hydrogen-bond donors (Lipinski definition) is 0. The molecule has 0 spiro atoms. The second-order valence-electron chi connectivity index (χ2n) is 8.24. The number of carbonyl (C=O) groups excluding carboxylic acids is 1. The Labute approximate surface area is 175 Å². The molecule has 1 aliphatic heterocycles. The van der Waals surface area contributed by atoms with Gasteiger partial charge in [-0.25, -0.2) is 0 Å². The SMILES string of the molecule is COc1ccc(C(=O)N2CCn3c(nnc3C3CC3)C2)cc1Cn1nc(C)cc1C. The van der Waals surface area contributed by atoms with Crippen LogP contribution < -0.4 is 4.74 Å². The van der Waals surface area contributed by atoms with Gasteiger partial charge in [0.25, 0.3) is 5.91 Å². The third-order valence-corrected chi connectivity index (χ3v) is 5.96. The predicted octanol–water partition coefficient (Wildman–Crippen LogP) is 2.68. The maximum atomic E-state index is 13.2. The molecule has 1 amide bonds. The van der Waals surface area contributed by atoms with Crippen LogP contribution in [-0.2, 0) is 19.6 Å². The maximum Gasteiger partial charge on any atom is 0.254 e.